The van der Waals surface area contributed by atoms with Crippen molar-refractivity contribution in [3.8, 4) is 0 Å². The van der Waals surface area contributed by atoms with Crippen LogP contribution in [0.3, 0.4) is 0 Å². The van der Waals surface area contributed by atoms with Crippen molar-refractivity contribution in [1.82, 2.24) is 24.9 Å². The maximum absolute atomic E-state index is 12.8. The zero-order valence-electron chi connectivity index (χ0n) is 15.1. The summed E-state index contributed by atoms with van der Waals surface area (Å²) < 4.78 is 44.5. The lowest BCUT2D eigenvalue weighted by Crippen LogP contribution is -2.28. The second-order valence-electron chi connectivity index (χ2n) is 6.24. The van der Waals surface area contributed by atoms with Gasteiger partial charge in [0.1, 0.15) is 11.9 Å². The number of hydrogen-bond acceptors (Lipinski definition) is 6. The zero-order valence-corrected chi connectivity index (χ0v) is 15.1. The number of halogens is 3. The van der Waals surface area contributed by atoms with Gasteiger partial charge in [-0.1, -0.05) is 0 Å². The first kappa shape index (κ1) is 19.8. The number of aliphatic hydroxyl groups is 1. The molecule has 0 aliphatic rings. The molecule has 0 bridgehead atoms. The van der Waals surface area contributed by atoms with Crippen molar-refractivity contribution in [2.75, 3.05) is 6.54 Å². The molecule has 1 amide bonds. The molecular formula is C17H18F3N5O3. The van der Waals surface area contributed by atoms with E-state index < -0.39 is 18.1 Å². The highest BCUT2D eigenvalue weighted by Crippen LogP contribution is 2.27. The normalized spacial score (nSPS) is 13.1. The first-order valence-electron chi connectivity index (χ1n) is 8.45. The molecule has 0 radical (unpaired) electrons. The summed E-state index contributed by atoms with van der Waals surface area (Å²) in [5, 5.41) is 16.0. The van der Waals surface area contributed by atoms with E-state index in [1.54, 1.807) is 26.0 Å². The topological polar surface area (TPSA) is 106 Å². The highest BCUT2D eigenvalue weighted by Gasteiger charge is 2.36. The van der Waals surface area contributed by atoms with E-state index in [0.717, 1.165) is 4.52 Å². The first-order valence-corrected chi connectivity index (χ1v) is 8.45. The quantitative estimate of drug-likeness (QED) is 0.660. The van der Waals surface area contributed by atoms with Gasteiger partial charge in [-0.3, -0.25) is 4.79 Å². The number of aliphatic hydroxyl groups excluding tert-OH is 1. The number of fused-ring (bicyclic) bond motifs is 1. The molecule has 3 aromatic rings. The fourth-order valence-electron chi connectivity index (χ4n) is 2.81. The molecule has 2 N–H and O–H groups in total. The molecule has 150 valence electrons. The number of furan rings is 1. The average molecular weight is 397 g/mol. The Hall–Kier alpha value is -2.95. The molecule has 28 heavy (non-hydrogen) atoms. The summed E-state index contributed by atoms with van der Waals surface area (Å²) in [7, 11) is 0. The van der Waals surface area contributed by atoms with Crippen LogP contribution in [0.15, 0.2) is 22.8 Å². The summed E-state index contributed by atoms with van der Waals surface area (Å²) in [6, 6.07) is 3.22. The maximum Gasteiger partial charge on any atom is 0.453 e. The third-order valence-corrected chi connectivity index (χ3v) is 4.27. The van der Waals surface area contributed by atoms with E-state index in [9.17, 15) is 23.1 Å². The van der Waals surface area contributed by atoms with E-state index in [0.29, 0.717) is 22.7 Å². The number of aromatic nitrogens is 4. The van der Waals surface area contributed by atoms with Crippen molar-refractivity contribution in [2.45, 2.75) is 39.0 Å². The fraction of sp³-hybridized carbons (Fsp3) is 0.412. The van der Waals surface area contributed by atoms with Crippen LogP contribution in [0.5, 0.6) is 0 Å². The Labute approximate surface area is 157 Å². The van der Waals surface area contributed by atoms with Crippen LogP contribution in [0.2, 0.25) is 0 Å². The smallest absolute Gasteiger partial charge is 0.453 e. The predicted molar refractivity (Wildman–Crippen MR) is 90.3 cm³/mol. The highest BCUT2D eigenvalue weighted by molar-refractivity contribution is 5.76. The Morgan fingerprint density at radius 2 is 2.11 bits per heavy atom. The predicted octanol–water partition coefficient (Wildman–Crippen LogP) is 2.14. The molecule has 1 atom stereocenters. The molecule has 3 rings (SSSR count). The number of hydrogen-bond donors (Lipinski definition) is 2. The molecule has 0 saturated heterocycles. The Bertz CT molecular complexity index is 982. The third kappa shape index (κ3) is 4.14. The Morgan fingerprint density at radius 1 is 1.36 bits per heavy atom. The third-order valence-electron chi connectivity index (χ3n) is 4.27. The summed E-state index contributed by atoms with van der Waals surface area (Å²) in [5.41, 5.74) is 1.54. The van der Waals surface area contributed by atoms with E-state index in [1.165, 1.54) is 6.26 Å². The van der Waals surface area contributed by atoms with Gasteiger partial charge in [-0.2, -0.15) is 18.2 Å². The van der Waals surface area contributed by atoms with Crippen LogP contribution >= 0.6 is 0 Å². The second-order valence-corrected chi connectivity index (χ2v) is 6.24. The summed E-state index contributed by atoms with van der Waals surface area (Å²) in [6.45, 7) is 3.23. The number of nitrogens with one attached hydrogen (secondary N) is 1. The van der Waals surface area contributed by atoms with Crippen LogP contribution in [-0.4, -0.2) is 37.1 Å². The van der Waals surface area contributed by atoms with Gasteiger partial charge in [-0.05, 0) is 38.0 Å². The number of alkyl halides is 3. The molecule has 0 aromatic carbocycles. The van der Waals surface area contributed by atoms with Gasteiger partial charge < -0.3 is 14.8 Å². The minimum Gasteiger partial charge on any atom is -0.467 e. The Morgan fingerprint density at radius 3 is 2.75 bits per heavy atom. The van der Waals surface area contributed by atoms with Crippen LogP contribution in [0.25, 0.3) is 5.78 Å². The Kier molecular flexibility index (Phi) is 5.36. The van der Waals surface area contributed by atoms with Crippen LogP contribution in [0.1, 0.15) is 41.1 Å². The number of carbonyl (C=O) groups is 1. The van der Waals surface area contributed by atoms with E-state index in [4.69, 9.17) is 4.42 Å². The Balaban J connectivity index is 1.67. The molecule has 0 spiro atoms. The first-order chi connectivity index (χ1) is 13.2. The lowest BCUT2D eigenvalue weighted by molar-refractivity contribution is -0.144. The fourth-order valence-corrected chi connectivity index (χ4v) is 2.81. The molecule has 3 aromatic heterocycles. The lowest BCUT2D eigenvalue weighted by Gasteiger charge is -2.12. The van der Waals surface area contributed by atoms with Crippen molar-refractivity contribution in [3.05, 3.63) is 46.9 Å². The van der Waals surface area contributed by atoms with Crippen LogP contribution in [0, 0.1) is 13.8 Å². The monoisotopic (exact) mass is 397 g/mol. The minimum absolute atomic E-state index is 0.0143. The molecule has 0 saturated carbocycles. The van der Waals surface area contributed by atoms with Crippen molar-refractivity contribution < 1.29 is 27.5 Å². The van der Waals surface area contributed by atoms with Crippen molar-refractivity contribution >= 4 is 11.7 Å². The molecule has 1 unspecified atom stereocenters. The number of aryl methyl sites for hydroxylation is 2. The molecule has 0 fully saturated rings. The molecule has 0 aliphatic carbocycles. The SMILES string of the molecule is Cc1nc2nc(C(F)(F)F)nn2c(C)c1CCC(=O)NCC(O)c1ccco1. The van der Waals surface area contributed by atoms with Gasteiger partial charge in [0.05, 0.1) is 12.8 Å². The number of carbonyl (C=O) groups excluding carboxylic acids is 1. The van der Waals surface area contributed by atoms with Crippen molar-refractivity contribution in [3.63, 3.8) is 0 Å². The van der Waals surface area contributed by atoms with Gasteiger partial charge >= 0.3 is 6.18 Å². The van der Waals surface area contributed by atoms with Gasteiger partial charge in [0.15, 0.2) is 0 Å². The standard InChI is InChI=1S/C17H18F3N5O3/c1-9-11(5-6-14(27)21-8-12(26)13-4-3-7-28-13)10(2)25-16(22-9)23-15(24-25)17(18,19)20/h3-4,7,12,26H,5-6,8H2,1-2H3,(H,21,27). The van der Waals surface area contributed by atoms with Crippen molar-refractivity contribution in [1.29, 1.82) is 0 Å². The minimum atomic E-state index is -4.66. The number of rotatable bonds is 6. The largest absolute Gasteiger partial charge is 0.467 e. The van der Waals surface area contributed by atoms with Gasteiger partial charge in [0.2, 0.25) is 5.91 Å². The maximum atomic E-state index is 12.8. The van der Waals surface area contributed by atoms with Crippen molar-refractivity contribution in [2.24, 2.45) is 0 Å². The van der Waals surface area contributed by atoms with Gasteiger partial charge in [0.25, 0.3) is 11.6 Å². The van der Waals surface area contributed by atoms with E-state index in [1.807, 2.05) is 0 Å². The zero-order chi connectivity index (χ0) is 20.5. The van der Waals surface area contributed by atoms with E-state index in [-0.39, 0.29) is 31.1 Å². The van der Waals surface area contributed by atoms with Crippen LogP contribution in [0.4, 0.5) is 13.2 Å². The summed E-state index contributed by atoms with van der Waals surface area (Å²) in [4.78, 5) is 19.5. The summed E-state index contributed by atoms with van der Waals surface area (Å²) >= 11 is 0. The number of nitrogens with zero attached hydrogens (tertiary/aromatic N) is 4. The van der Waals surface area contributed by atoms with Crippen LogP contribution in [-0.2, 0) is 17.4 Å². The van der Waals surface area contributed by atoms with Crippen LogP contribution < -0.4 is 5.32 Å². The number of amides is 1. The molecule has 8 nitrogen and oxygen atoms in total. The molecule has 0 aliphatic heterocycles. The lowest BCUT2D eigenvalue weighted by atomic mass is 10.1. The molecule has 3 heterocycles. The summed E-state index contributed by atoms with van der Waals surface area (Å²) in [6.07, 6.45) is -3.88. The van der Waals surface area contributed by atoms with E-state index in [2.05, 4.69) is 20.4 Å². The molecule has 11 heteroatoms. The van der Waals surface area contributed by atoms with E-state index >= 15 is 0 Å². The van der Waals surface area contributed by atoms with Gasteiger partial charge in [0, 0.05) is 17.8 Å². The summed E-state index contributed by atoms with van der Waals surface area (Å²) in [5.74, 6) is -1.38. The van der Waals surface area contributed by atoms with Gasteiger partial charge in [-0.15, -0.1) is 5.10 Å². The molecular weight excluding hydrogens is 379 g/mol. The second kappa shape index (κ2) is 7.58. The van der Waals surface area contributed by atoms with Gasteiger partial charge in [-0.25, -0.2) is 9.50 Å². The average Bonchev–Trinajstić information content (AvgIpc) is 3.28. The highest BCUT2D eigenvalue weighted by atomic mass is 19.4.